The minimum Gasteiger partial charge on any atom is -0.469 e. The van der Waals surface area contributed by atoms with Gasteiger partial charge in [-0.25, -0.2) is 14.5 Å². The molecule has 0 aliphatic rings. The number of methoxy groups -OCH3 is 2. The molecular weight excluding hydrogens is 552 g/mol. The first-order chi connectivity index (χ1) is 16.1. The Bertz CT molecular complexity index is 785. The van der Waals surface area contributed by atoms with Crippen LogP contribution in [-0.2, 0) is 42.9 Å². The van der Waals surface area contributed by atoms with E-state index < -0.39 is 12.0 Å². The highest BCUT2D eigenvalue weighted by Crippen LogP contribution is 2.01. The lowest BCUT2D eigenvalue weighted by Gasteiger charge is -2.18. The third-order valence-corrected chi connectivity index (χ3v) is 3.26. The van der Waals surface area contributed by atoms with E-state index in [1.165, 1.54) is 39.5 Å². The molecule has 0 fully saturated rings. The van der Waals surface area contributed by atoms with Crippen molar-refractivity contribution in [3.8, 4) is 12.5 Å². The van der Waals surface area contributed by atoms with Crippen molar-refractivity contribution in [3.05, 3.63) is 0 Å². The quantitative estimate of drug-likeness (QED) is 0.0790. The van der Waals surface area contributed by atoms with Gasteiger partial charge in [-0.1, -0.05) is 59.4 Å². The van der Waals surface area contributed by atoms with E-state index in [9.17, 15) is 28.8 Å². The number of ketones is 2. The zero-order valence-corrected chi connectivity index (χ0v) is 19.5. The van der Waals surface area contributed by atoms with Gasteiger partial charge in [-0.05, 0) is 20.3 Å². The van der Waals surface area contributed by atoms with Crippen molar-refractivity contribution in [2.75, 3.05) is 34.1 Å². The molecule has 252 valence electrons. The van der Waals surface area contributed by atoms with Gasteiger partial charge in [-0.3, -0.25) is 14.4 Å². The van der Waals surface area contributed by atoms with E-state index in [-0.39, 0.29) is 110 Å². The molecule has 0 bridgehead atoms. The molecule has 14 heteroatoms. The topological polar surface area (TPSA) is 203 Å². The van der Waals surface area contributed by atoms with Crippen LogP contribution in [0.15, 0.2) is 4.99 Å². The number of rotatable bonds is 12. The molecule has 0 aromatic heterocycles. The second-order valence-electron chi connectivity index (χ2n) is 5.90. The highest BCUT2D eigenvalue weighted by Gasteiger charge is 2.22. The minimum absolute atomic E-state index is 0. The molecule has 0 aliphatic carbocycles. The molecule has 0 aromatic rings. The summed E-state index contributed by atoms with van der Waals surface area (Å²) >= 11 is 0. The summed E-state index contributed by atoms with van der Waals surface area (Å²) < 4.78 is 17.1. The maximum absolute atomic E-state index is 11.6. The van der Waals surface area contributed by atoms with Gasteiger partial charge < -0.3 is 23.7 Å². The van der Waals surface area contributed by atoms with Crippen molar-refractivity contribution < 1.29 is 47.7 Å². The normalized spacial score (nSPS) is 6.71. The van der Waals surface area contributed by atoms with Gasteiger partial charge in [0.25, 0.3) is 12.5 Å². The van der Waals surface area contributed by atoms with Crippen LogP contribution in [0.25, 0.3) is 0 Å². The molecule has 2 amide bonds. The van der Waals surface area contributed by atoms with Gasteiger partial charge in [-0.2, -0.15) is 15.5 Å². The summed E-state index contributed by atoms with van der Waals surface area (Å²) in [5.74, 6) is -0.821. The molecule has 0 radical (unpaired) electrons. The smallest absolute Gasteiger partial charge is 0.416 e. The van der Waals surface area contributed by atoms with Gasteiger partial charge in [0, 0.05) is 25.8 Å². The average molecular weight is 613 g/mol. The van der Waals surface area contributed by atoms with E-state index in [0.717, 1.165) is 12.0 Å². The number of nitriles is 2. The fourth-order valence-electron chi connectivity index (χ4n) is 1.69. The standard InChI is InChI=1S/C10H14N2O5.C7H12O3.C3H2N2O2.8CH4/c1-8(13)3-5-12(10(15)16-2)9(14)4-6-17-7-11;1-6(8)4-3-5-7(9)10-2;4-1-7-3-5-2-6;;;;;;;;/h3-6H2,1-2H3;3-5H2,1-2H3;3H2;8*1H4. The van der Waals surface area contributed by atoms with Crippen molar-refractivity contribution in [3.63, 3.8) is 0 Å². The Balaban J connectivity index is -0.0000000376. The number of Topliss-reactive ketones (excluding diaryl/α,β-unsaturated/α-hetero) is 2. The number of esters is 1. The predicted molar refractivity (Wildman–Crippen MR) is 166 cm³/mol. The van der Waals surface area contributed by atoms with E-state index >= 15 is 0 Å². The zero-order chi connectivity index (χ0) is 26.8. The summed E-state index contributed by atoms with van der Waals surface area (Å²) in [5, 5.41) is 15.7. The summed E-state index contributed by atoms with van der Waals surface area (Å²) in [6.45, 7) is 2.51. The molecule has 0 rings (SSSR count). The number of nitrogens with zero attached hydrogens (tertiary/aromatic N) is 4. The Hall–Kier alpha value is -4.29. The van der Waals surface area contributed by atoms with Crippen molar-refractivity contribution in [1.29, 1.82) is 10.5 Å². The number of isocyanates is 1. The molecule has 0 aliphatic heterocycles. The van der Waals surface area contributed by atoms with Crippen molar-refractivity contribution in [1.82, 2.24) is 4.90 Å². The van der Waals surface area contributed by atoms with Crippen LogP contribution in [-0.4, -0.2) is 74.6 Å². The SMILES string of the molecule is C.C.C.C.C.C.C.C.COC(=O)CCCC(C)=O.COC(=O)N(CCC(C)=O)C(=O)CCOC#N.N#COCN=C=O. The first-order valence-electron chi connectivity index (χ1n) is 9.60. The molecule has 0 aromatic carbocycles. The lowest BCUT2D eigenvalue weighted by molar-refractivity contribution is -0.140. The highest BCUT2D eigenvalue weighted by atomic mass is 16.5. The van der Waals surface area contributed by atoms with Gasteiger partial charge in [0.2, 0.25) is 18.7 Å². The van der Waals surface area contributed by atoms with Gasteiger partial charge in [-0.15, -0.1) is 0 Å². The third kappa shape index (κ3) is 56.0. The summed E-state index contributed by atoms with van der Waals surface area (Å²) in [6.07, 6.45) is 4.47. The third-order valence-electron chi connectivity index (χ3n) is 3.26. The lowest BCUT2D eigenvalue weighted by Crippen LogP contribution is -2.38. The van der Waals surface area contributed by atoms with Gasteiger partial charge in [0.05, 0.1) is 20.6 Å². The Morgan fingerprint density at radius 1 is 0.714 bits per heavy atom. The van der Waals surface area contributed by atoms with E-state index in [1.54, 1.807) is 0 Å². The van der Waals surface area contributed by atoms with Crippen molar-refractivity contribution in [2.24, 2.45) is 4.99 Å². The van der Waals surface area contributed by atoms with E-state index in [2.05, 4.69) is 23.9 Å². The fourth-order valence-corrected chi connectivity index (χ4v) is 1.69. The van der Waals surface area contributed by atoms with Crippen LogP contribution in [0.3, 0.4) is 0 Å². The first-order valence-corrected chi connectivity index (χ1v) is 9.60. The molecule has 0 spiro atoms. The van der Waals surface area contributed by atoms with Crippen LogP contribution < -0.4 is 0 Å². The van der Waals surface area contributed by atoms with Crippen molar-refractivity contribution >= 4 is 35.6 Å². The summed E-state index contributed by atoms with van der Waals surface area (Å²) in [5.41, 5.74) is 0. The molecule has 42 heavy (non-hydrogen) atoms. The fraction of sp³-hybridized carbons (Fsp3) is 0.714. The largest absolute Gasteiger partial charge is 0.469 e. The van der Waals surface area contributed by atoms with E-state index in [0.29, 0.717) is 19.3 Å². The number of carbonyl (C=O) groups excluding carboxylic acids is 6. The number of amides is 2. The molecule has 0 atom stereocenters. The number of hydrogen-bond donors (Lipinski definition) is 0. The van der Waals surface area contributed by atoms with Gasteiger partial charge in [0.1, 0.15) is 18.2 Å². The molecule has 0 saturated heterocycles. The summed E-state index contributed by atoms with van der Waals surface area (Å²) in [6, 6.07) is 0. The van der Waals surface area contributed by atoms with Crippen LogP contribution >= 0.6 is 0 Å². The minimum atomic E-state index is -0.826. The molecule has 0 heterocycles. The maximum Gasteiger partial charge on any atom is 0.416 e. The van der Waals surface area contributed by atoms with Gasteiger partial charge >= 0.3 is 12.1 Å². The van der Waals surface area contributed by atoms with E-state index in [1.807, 2.05) is 0 Å². The van der Waals surface area contributed by atoms with E-state index in [4.69, 9.17) is 10.5 Å². The number of hydrogen-bond acceptors (Lipinski definition) is 13. The Kier molecular flexibility index (Phi) is 89.9. The molecule has 0 N–H and O–H groups in total. The Morgan fingerprint density at radius 2 is 1.19 bits per heavy atom. The highest BCUT2D eigenvalue weighted by molar-refractivity contribution is 5.92. The number of carbonyl (C=O) groups is 5. The number of aliphatic imine (C=N–C) groups is 1. The molecule has 0 saturated carbocycles. The molecule has 14 nitrogen and oxygen atoms in total. The average Bonchev–Trinajstić information content (AvgIpc) is 2.79. The molecular formula is C28H60N4O10. The Morgan fingerprint density at radius 3 is 1.55 bits per heavy atom. The number of ether oxygens (including phenoxy) is 4. The van der Waals surface area contributed by atoms with Gasteiger partial charge in [0.15, 0.2) is 0 Å². The first kappa shape index (κ1) is 71.2. The lowest BCUT2D eigenvalue weighted by atomic mass is 10.2. The molecule has 0 unspecified atom stereocenters. The van der Waals surface area contributed by atoms with Crippen LogP contribution in [0.1, 0.15) is 105 Å². The number of imide groups is 1. The monoisotopic (exact) mass is 612 g/mol. The second kappa shape index (κ2) is 53.0. The van der Waals surface area contributed by atoms with Crippen LogP contribution in [0.5, 0.6) is 0 Å². The van der Waals surface area contributed by atoms with Crippen LogP contribution in [0.4, 0.5) is 4.79 Å². The van der Waals surface area contributed by atoms with Crippen LogP contribution in [0, 0.1) is 23.0 Å². The maximum atomic E-state index is 11.6. The Labute approximate surface area is 256 Å². The predicted octanol–water partition coefficient (Wildman–Crippen LogP) is 6.23. The van der Waals surface area contributed by atoms with Crippen LogP contribution in [0.2, 0.25) is 0 Å². The second-order valence-corrected chi connectivity index (χ2v) is 5.90. The summed E-state index contributed by atoms with van der Waals surface area (Å²) in [4.78, 5) is 67.4. The van der Waals surface area contributed by atoms with Crippen molar-refractivity contribution in [2.45, 2.75) is 105 Å². The summed E-state index contributed by atoms with van der Waals surface area (Å²) in [7, 11) is 2.48. The zero-order valence-electron chi connectivity index (χ0n) is 19.5.